The van der Waals surface area contributed by atoms with Crippen molar-refractivity contribution in [3.05, 3.63) is 24.3 Å². The Bertz CT molecular complexity index is 670. The Labute approximate surface area is 137 Å². The lowest BCUT2D eigenvalue weighted by molar-refractivity contribution is -0.121. The Morgan fingerprint density at radius 3 is 2.87 bits per heavy atom. The van der Waals surface area contributed by atoms with Gasteiger partial charge >= 0.3 is 0 Å². The minimum atomic E-state index is -0.632. The summed E-state index contributed by atoms with van der Waals surface area (Å²) < 4.78 is 5.43. The van der Waals surface area contributed by atoms with Crippen LogP contribution in [0.15, 0.2) is 34.3 Å². The third-order valence-corrected chi connectivity index (χ3v) is 3.83. The Morgan fingerprint density at radius 1 is 1.43 bits per heavy atom. The average Bonchev–Trinajstić information content (AvgIpc) is 2.80. The number of aliphatic imine (C=N–C) groups is 2. The van der Waals surface area contributed by atoms with E-state index >= 15 is 0 Å². The highest BCUT2D eigenvalue weighted by atomic mass is 32.2. The molecule has 0 spiro atoms. The van der Waals surface area contributed by atoms with Crippen LogP contribution in [0.2, 0.25) is 0 Å². The minimum absolute atomic E-state index is 0.0308. The molecular formula is C14H17N5O3S. The van der Waals surface area contributed by atoms with Crippen LogP contribution >= 0.6 is 11.8 Å². The molecule has 0 aliphatic carbocycles. The molecule has 0 fully saturated rings. The fourth-order valence-electron chi connectivity index (χ4n) is 1.88. The lowest BCUT2D eigenvalue weighted by Crippen LogP contribution is -2.23. The maximum atomic E-state index is 12.1. The molecule has 5 N–H and O–H groups in total. The van der Waals surface area contributed by atoms with Crippen LogP contribution in [-0.4, -0.2) is 34.8 Å². The number of amidine groups is 1. The first-order chi connectivity index (χ1) is 11.0. The fourth-order valence-corrected chi connectivity index (χ4v) is 2.83. The summed E-state index contributed by atoms with van der Waals surface area (Å²) in [5, 5.41) is 2.27. The Morgan fingerprint density at radius 2 is 2.17 bits per heavy atom. The smallest absolute Gasteiger partial charge is 0.262 e. The number of carbonyl (C=O) groups is 2. The molecule has 0 saturated heterocycles. The highest BCUT2D eigenvalue weighted by Crippen LogP contribution is 2.28. The summed E-state index contributed by atoms with van der Waals surface area (Å²) >= 11 is 1.06. The number of rotatable bonds is 5. The monoisotopic (exact) mass is 335 g/mol. The predicted octanol–water partition coefficient (Wildman–Crippen LogP) is 0.685. The van der Waals surface area contributed by atoms with Crippen molar-refractivity contribution in [3.8, 4) is 5.75 Å². The van der Waals surface area contributed by atoms with E-state index in [-0.39, 0.29) is 23.5 Å². The second-order valence-corrected chi connectivity index (χ2v) is 5.73. The molecule has 9 heteroatoms. The van der Waals surface area contributed by atoms with E-state index in [0.717, 1.165) is 11.8 Å². The lowest BCUT2D eigenvalue weighted by atomic mass is 10.2. The zero-order valence-electron chi connectivity index (χ0n) is 12.5. The molecule has 1 aromatic carbocycles. The number of ether oxygens (including phenoxy) is 1. The van der Waals surface area contributed by atoms with Gasteiger partial charge in [-0.15, -0.1) is 0 Å². The summed E-state index contributed by atoms with van der Waals surface area (Å²) in [5.74, 6) is -0.349. The number of nitrogens with two attached hydrogens (primary N) is 2. The van der Waals surface area contributed by atoms with E-state index in [4.69, 9.17) is 16.2 Å². The molecule has 122 valence electrons. The van der Waals surface area contributed by atoms with Gasteiger partial charge in [0.25, 0.3) is 5.91 Å². The summed E-state index contributed by atoms with van der Waals surface area (Å²) in [7, 11) is 0. The van der Waals surface area contributed by atoms with E-state index in [1.165, 1.54) is 0 Å². The van der Waals surface area contributed by atoms with Gasteiger partial charge in [-0.1, -0.05) is 23.9 Å². The summed E-state index contributed by atoms with van der Waals surface area (Å²) in [6.45, 7) is 2.34. The van der Waals surface area contributed by atoms with Crippen LogP contribution < -0.4 is 21.5 Å². The Balaban J connectivity index is 1.96. The first kappa shape index (κ1) is 16.8. The zero-order valence-corrected chi connectivity index (χ0v) is 13.3. The van der Waals surface area contributed by atoms with Crippen LogP contribution in [0.3, 0.4) is 0 Å². The standard InChI is InChI=1S/C14H17N5O3S/c1-2-22-9-6-4-3-5-8(9)17-11(20)7-10-12(21)18-14(23-10)19-13(15)16/h3-6,10H,2,7H2,1H3,(H,17,20)(H4,15,16,18,19,21). The molecule has 0 aromatic heterocycles. The van der Waals surface area contributed by atoms with Crippen molar-refractivity contribution in [2.75, 3.05) is 11.9 Å². The van der Waals surface area contributed by atoms with Crippen molar-refractivity contribution >= 4 is 40.4 Å². The first-order valence-electron chi connectivity index (χ1n) is 6.90. The van der Waals surface area contributed by atoms with Crippen molar-refractivity contribution in [2.45, 2.75) is 18.6 Å². The largest absolute Gasteiger partial charge is 0.492 e. The maximum Gasteiger partial charge on any atom is 0.262 e. The predicted molar refractivity (Wildman–Crippen MR) is 90.5 cm³/mol. The van der Waals surface area contributed by atoms with Gasteiger partial charge in [0.2, 0.25) is 5.91 Å². The molecule has 2 amide bonds. The number of benzene rings is 1. The van der Waals surface area contributed by atoms with Crippen molar-refractivity contribution in [3.63, 3.8) is 0 Å². The normalized spacial score (nSPS) is 16.7. The fraction of sp³-hybridized carbons (Fsp3) is 0.286. The highest BCUT2D eigenvalue weighted by molar-refractivity contribution is 8.15. The first-order valence-corrected chi connectivity index (χ1v) is 7.78. The summed E-state index contributed by atoms with van der Waals surface area (Å²) in [6, 6.07) is 7.09. The SMILES string of the molecule is CCOc1ccccc1NC(=O)CC1SC(N=C(N)N)=NC1=O. The lowest BCUT2D eigenvalue weighted by Gasteiger charge is -2.12. The zero-order chi connectivity index (χ0) is 16.8. The van der Waals surface area contributed by atoms with Crippen LogP contribution in [0.1, 0.15) is 13.3 Å². The van der Waals surface area contributed by atoms with E-state index in [9.17, 15) is 9.59 Å². The van der Waals surface area contributed by atoms with Gasteiger partial charge in [-0.25, -0.2) is 0 Å². The number of carbonyl (C=O) groups excluding carboxylic acids is 2. The van der Waals surface area contributed by atoms with Gasteiger partial charge in [0, 0.05) is 6.42 Å². The van der Waals surface area contributed by atoms with E-state index < -0.39 is 11.2 Å². The number of hydrogen-bond acceptors (Lipinski definition) is 5. The third-order valence-electron chi connectivity index (χ3n) is 2.79. The molecule has 0 radical (unpaired) electrons. The molecule has 1 unspecified atom stereocenters. The molecule has 2 rings (SSSR count). The highest BCUT2D eigenvalue weighted by Gasteiger charge is 2.30. The summed E-state index contributed by atoms with van der Waals surface area (Å²) in [5.41, 5.74) is 11.0. The number of thioether (sulfide) groups is 1. The number of anilines is 1. The molecule has 1 aliphatic heterocycles. The quantitative estimate of drug-likeness (QED) is 0.535. The van der Waals surface area contributed by atoms with Gasteiger partial charge in [-0.05, 0) is 19.1 Å². The minimum Gasteiger partial charge on any atom is -0.492 e. The molecule has 23 heavy (non-hydrogen) atoms. The van der Waals surface area contributed by atoms with Crippen molar-refractivity contribution in [2.24, 2.45) is 21.5 Å². The van der Waals surface area contributed by atoms with Gasteiger partial charge < -0.3 is 21.5 Å². The molecule has 1 aromatic rings. The molecule has 1 atom stereocenters. The molecule has 1 heterocycles. The number of guanidine groups is 1. The molecule has 1 aliphatic rings. The van der Waals surface area contributed by atoms with Crippen LogP contribution in [0, 0.1) is 0 Å². The van der Waals surface area contributed by atoms with Crippen LogP contribution in [0.25, 0.3) is 0 Å². The number of amides is 2. The van der Waals surface area contributed by atoms with E-state index in [1.54, 1.807) is 18.2 Å². The second kappa shape index (κ2) is 7.63. The van der Waals surface area contributed by atoms with E-state index in [2.05, 4.69) is 15.3 Å². The van der Waals surface area contributed by atoms with Gasteiger partial charge in [0.05, 0.1) is 12.3 Å². The third kappa shape index (κ3) is 4.71. The number of para-hydroxylation sites is 2. The topological polar surface area (TPSA) is 132 Å². The summed E-state index contributed by atoms with van der Waals surface area (Å²) in [4.78, 5) is 31.3. The van der Waals surface area contributed by atoms with Crippen LogP contribution in [0.4, 0.5) is 5.69 Å². The van der Waals surface area contributed by atoms with Gasteiger partial charge in [-0.2, -0.15) is 9.98 Å². The van der Waals surface area contributed by atoms with Gasteiger partial charge in [-0.3, -0.25) is 9.59 Å². The Hall–Kier alpha value is -2.55. The molecule has 0 bridgehead atoms. The summed E-state index contributed by atoms with van der Waals surface area (Å²) in [6.07, 6.45) is -0.0308. The van der Waals surface area contributed by atoms with Crippen molar-refractivity contribution in [1.82, 2.24) is 0 Å². The van der Waals surface area contributed by atoms with Crippen LogP contribution in [0.5, 0.6) is 5.75 Å². The van der Waals surface area contributed by atoms with Crippen molar-refractivity contribution in [1.29, 1.82) is 0 Å². The van der Waals surface area contributed by atoms with E-state index in [0.29, 0.717) is 18.0 Å². The molecular weight excluding hydrogens is 318 g/mol. The maximum absolute atomic E-state index is 12.1. The van der Waals surface area contributed by atoms with Gasteiger partial charge in [0.1, 0.15) is 11.0 Å². The van der Waals surface area contributed by atoms with Gasteiger partial charge in [0.15, 0.2) is 11.1 Å². The average molecular weight is 335 g/mol. The number of hydrogen-bond donors (Lipinski definition) is 3. The molecule has 0 saturated carbocycles. The number of nitrogens with zero attached hydrogens (tertiary/aromatic N) is 2. The van der Waals surface area contributed by atoms with E-state index in [1.807, 2.05) is 13.0 Å². The van der Waals surface area contributed by atoms with Crippen LogP contribution in [-0.2, 0) is 9.59 Å². The second-order valence-electron chi connectivity index (χ2n) is 4.56. The van der Waals surface area contributed by atoms with Crippen molar-refractivity contribution < 1.29 is 14.3 Å². The molecule has 8 nitrogen and oxygen atoms in total. The Kier molecular flexibility index (Phi) is 5.58. The number of nitrogens with one attached hydrogen (secondary N) is 1.